The lowest BCUT2D eigenvalue weighted by Gasteiger charge is -2.35. The highest BCUT2D eigenvalue weighted by Crippen LogP contribution is 2.19. The number of carbonyl (C=O) groups excluding carboxylic acids is 1. The molecule has 17 heavy (non-hydrogen) atoms. The van der Waals surface area contributed by atoms with Gasteiger partial charge in [0.1, 0.15) is 6.04 Å². The average molecular weight is 243 g/mol. The largest absolute Gasteiger partial charge is 0.390 e. The Morgan fingerprint density at radius 3 is 3.00 bits per heavy atom. The van der Waals surface area contributed by atoms with Gasteiger partial charge < -0.3 is 20.9 Å². The summed E-state index contributed by atoms with van der Waals surface area (Å²) in [4.78, 5) is 13.9. The van der Waals surface area contributed by atoms with Crippen molar-refractivity contribution in [1.82, 2.24) is 10.2 Å². The van der Waals surface area contributed by atoms with E-state index in [-0.39, 0.29) is 18.5 Å². The number of ether oxygens (including phenoxy) is 1. The van der Waals surface area contributed by atoms with Gasteiger partial charge in [-0.2, -0.15) is 0 Å². The van der Waals surface area contributed by atoms with Crippen LogP contribution in [0.4, 0.5) is 0 Å². The van der Waals surface area contributed by atoms with Crippen molar-refractivity contribution in [2.24, 2.45) is 5.73 Å². The maximum absolute atomic E-state index is 12.0. The van der Waals surface area contributed by atoms with Gasteiger partial charge in [-0.25, -0.2) is 0 Å². The molecule has 2 unspecified atom stereocenters. The Labute approximate surface area is 101 Å². The van der Waals surface area contributed by atoms with E-state index in [1.54, 1.807) is 0 Å². The van der Waals surface area contributed by atoms with Crippen molar-refractivity contribution in [3.05, 3.63) is 0 Å². The molecule has 2 rings (SSSR count). The number of rotatable bonds is 5. The molecule has 98 valence electrons. The first kappa shape index (κ1) is 12.8. The Morgan fingerprint density at radius 1 is 1.59 bits per heavy atom. The zero-order valence-corrected chi connectivity index (χ0v) is 9.97. The van der Waals surface area contributed by atoms with Crippen LogP contribution in [0.25, 0.3) is 0 Å². The first-order valence-corrected chi connectivity index (χ1v) is 6.21. The van der Waals surface area contributed by atoms with E-state index in [9.17, 15) is 9.90 Å². The van der Waals surface area contributed by atoms with E-state index in [1.807, 2.05) is 4.90 Å². The normalized spacial score (nSPS) is 27.8. The molecule has 2 fully saturated rings. The summed E-state index contributed by atoms with van der Waals surface area (Å²) in [6.07, 6.45) is 1.57. The Bertz CT molecular complexity index is 271. The number of carbonyl (C=O) groups is 1. The molecule has 6 nitrogen and oxygen atoms in total. The Balaban J connectivity index is 1.88. The summed E-state index contributed by atoms with van der Waals surface area (Å²) in [5.74, 6) is 0.0106. The van der Waals surface area contributed by atoms with Crippen molar-refractivity contribution >= 4 is 5.91 Å². The fourth-order valence-corrected chi connectivity index (χ4v) is 1.97. The van der Waals surface area contributed by atoms with Gasteiger partial charge in [-0.1, -0.05) is 0 Å². The smallest absolute Gasteiger partial charge is 0.239 e. The number of hydrogen-bond acceptors (Lipinski definition) is 5. The number of amides is 1. The fourth-order valence-electron chi connectivity index (χ4n) is 1.97. The highest BCUT2D eigenvalue weighted by atomic mass is 16.5. The minimum absolute atomic E-state index is 0.0106. The van der Waals surface area contributed by atoms with Crippen LogP contribution in [0, 0.1) is 0 Å². The molecule has 1 heterocycles. The lowest BCUT2D eigenvalue weighted by molar-refractivity contribution is -0.133. The number of nitrogens with one attached hydrogen (secondary N) is 1. The van der Waals surface area contributed by atoms with Crippen LogP contribution in [0.3, 0.4) is 0 Å². The molecule has 2 aliphatic rings. The first-order valence-electron chi connectivity index (χ1n) is 6.21. The van der Waals surface area contributed by atoms with E-state index in [0.29, 0.717) is 32.3 Å². The number of aliphatic hydroxyl groups excluding tert-OH is 1. The molecule has 0 radical (unpaired) electrons. The zero-order valence-electron chi connectivity index (χ0n) is 9.97. The standard InChI is InChI=1S/C11H21N3O3/c12-5-9(15)6-14-3-4-17-7-10(14)11(16)13-8-1-2-8/h8-10,15H,1-7,12H2,(H,13,16). The molecule has 1 aliphatic heterocycles. The van der Waals surface area contributed by atoms with Crippen molar-refractivity contribution in [3.8, 4) is 0 Å². The second-order valence-corrected chi connectivity index (χ2v) is 4.76. The summed E-state index contributed by atoms with van der Waals surface area (Å²) < 4.78 is 5.34. The van der Waals surface area contributed by atoms with Crippen molar-refractivity contribution in [2.75, 3.05) is 32.8 Å². The summed E-state index contributed by atoms with van der Waals surface area (Å²) in [7, 11) is 0. The van der Waals surface area contributed by atoms with Gasteiger partial charge in [0.15, 0.2) is 0 Å². The molecule has 0 bridgehead atoms. The minimum atomic E-state index is -0.579. The van der Waals surface area contributed by atoms with Crippen LogP contribution in [-0.4, -0.2) is 66.9 Å². The lowest BCUT2D eigenvalue weighted by atomic mass is 10.2. The predicted molar refractivity (Wildman–Crippen MR) is 62.4 cm³/mol. The van der Waals surface area contributed by atoms with Crippen LogP contribution in [-0.2, 0) is 9.53 Å². The van der Waals surface area contributed by atoms with E-state index >= 15 is 0 Å². The molecule has 0 aromatic carbocycles. The fraction of sp³-hybridized carbons (Fsp3) is 0.909. The van der Waals surface area contributed by atoms with Crippen molar-refractivity contribution in [3.63, 3.8) is 0 Å². The Kier molecular flexibility index (Phi) is 4.33. The van der Waals surface area contributed by atoms with Crippen LogP contribution >= 0.6 is 0 Å². The number of aliphatic hydroxyl groups is 1. The third-order valence-electron chi connectivity index (χ3n) is 3.18. The number of nitrogens with zero attached hydrogens (tertiary/aromatic N) is 1. The molecule has 6 heteroatoms. The van der Waals surface area contributed by atoms with Gasteiger partial charge in [-0.05, 0) is 12.8 Å². The highest BCUT2D eigenvalue weighted by Gasteiger charge is 2.33. The van der Waals surface area contributed by atoms with Crippen molar-refractivity contribution in [2.45, 2.75) is 31.0 Å². The van der Waals surface area contributed by atoms with E-state index < -0.39 is 6.10 Å². The Hall–Kier alpha value is -0.690. The molecular weight excluding hydrogens is 222 g/mol. The molecule has 1 aliphatic carbocycles. The van der Waals surface area contributed by atoms with E-state index in [0.717, 1.165) is 12.8 Å². The first-order chi connectivity index (χ1) is 8.20. The summed E-state index contributed by atoms with van der Waals surface area (Å²) >= 11 is 0. The minimum Gasteiger partial charge on any atom is -0.390 e. The third-order valence-corrected chi connectivity index (χ3v) is 3.18. The molecule has 0 aromatic heterocycles. The molecule has 4 N–H and O–H groups in total. The van der Waals surface area contributed by atoms with Crippen molar-refractivity contribution < 1.29 is 14.6 Å². The summed E-state index contributed by atoms with van der Waals surface area (Å²) in [6.45, 7) is 2.32. The lowest BCUT2D eigenvalue weighted by Crippen LogP contribution is -2.56. The van der Waals surface area contributed by atoms with Crippen molar-refractivity contribution in [1.29, 1.82) is 0 Å². The third kappa shape index (κ3) is 3.64. The van der Waals surface area contributed by atoms with E-state index in [2.05, 4.69) is 5.32 Å². The van der Waals surface area contributed by atoms with Crippen LogP contribution in [0.15, 0.2) is 0 Å². The van der Waals surface area contributed by atoms with Gasteiger partial charge in [0.2, 0.25) is 5.91 Å². The summed E-state index contributed by atoms with van der Waals surface area (Å²) in [6, 6.07) is 0.0660. The second kappa shape index (κ2) is 5.77. The molecule has 0 aromatic rings. The maximum atomic E-state index is 12.0. The molecule has 0 spiro atoms. The summed E-state index contributed by atoms with van der Waals surface area (Å²) in [5.41, 5.74) is 5.39. The zero-order chi connectivity index (χ0) is 12.3. The van der Waals surface area contributed by atoms with Crippen LogP contribution in [0.5, 0.6) is 0 Å². The highest BCUT2D eigenvalue weighted by molar-refractivity contribution is 5.82. The number of morpholine rings is 1. The molecule has 1 amide bonds. The quantitative estimate of drug-likeness (QED) is 0.535. The number of β-amino-alcohol motifs (C(OH)–C–C–N with tert-alkyl or cyclic N) is 1. The van der Waals surface area contributed by atoms with Gasteiger partial charge >= 0.3 is 0 Å². The topological polar surface area (TPSA) is 87.8 Å². The van der Waals surface area contributed by atoms with Gasteiger partial charge in [0.25, 0.3) is 0 Å². The van der Waals surface area contributed by atoms with E-state index in [4.69, 9.17) is 10.5 Å². The van der Waals surface area contributed by atoms with Crippen LogP contribution in [0.2, 0.25) is 0 Å². The van der Waals surface area contributed by atoms with Crippen LogP contribution in [0.1, 0.15) is 12.8 Å². The van der Waals surface area contributed by atoms with Crippen LogP contribution < -0.4 is 11.1 Å². The monoisotopic (exact) mass is 243 g/mol. The molecule has 1 saturated carbocycles. The molecular formula is C11H21N3O3. The summed E-state index contributed by atoms with van der Waals surface area (Å²) in [5, 5.41) is 12.5. The number of nitrogens with two attached hydrogens (primary N) is 1. The average Bonchev–Trinajstić information content (AvgIpc) is 3.13. The van der Waals surface area contributed by atoms with Gasteiger partial charge in [0, 0.05) is 25.7 Å². The van der Waals surface area contributed by atoms with Gasteiger partial charge in [-0.15, -0.1) is 0 Å². The Morgan fingerprint density at radius 2 is 2.35 bits per heavy atom. The molecule has 2 atom stereocenters. The maximum Gasteiger partial charge on any atom is 0.239 e. The predicted octanol–water partition coefficient (Wildman–Crippen LogP) is -1.71. The van der Waals surface area contributed by atoms with Gasteiger partial charge in [-0.3, -0.25) is 9.69 Å². The van der Waals surface area contributed by atoms with E-state index in [1.165, 1.54) is 0 Å². The van der Waals surface area contributed by atoms with Gasteiger partial charge in [0.05, 0.1) is 19.3 Å². The second-order valence-electron chi connectivity index (χ2n) is 4.76. The SMILES string of the molecule is NCC(O)CN1CCOCC1C(=O)NC1CC1. The number of hydrogen-bond donors (Lipinski definition) is 3. The molecule has 1 saturated heterocycles.